The number of hydrogen-bond donors (Lipinski definition) is 0. The second kappa shape index (κ2) is 6.09. The average Bonchev–Trinajstić information content (AvgIpc) is 2.96. The molecule has 0 unspecified atom stereocenters. The molecule has 2 aromatic heterocycles. The van der Waals surface area contributed by atoms with Gasteiger partial charge < -0.3 is 4.74 Å². The van der Waals surface area contributed by atoms with Gasteiger partial charge in [0.1, 0.15) is 15.6 Å². The largest absolute Gasteiger partial charge is 0.461 e. The Kier molecular flexibility index (Phi) is 4.44. The van der Waals surface area contributed by atoms with Gasteiger partial charge in [0.15, 0.2) is 0 Å². The van der Waals surface area contributed by atoms with Crippen LogP contribution in [0.4, 0.5) is 0 Å². The van der Waals surface area contributed by atoms with Crippen LogP contribution < -0.4 is 0 Å². The van der Waals surface area contributed by atoms with Crippen molar-refractivity contribution >= 4 is 17.3 Å². The number of nitrogens with zero attached hydrogens (tertiary/aromatic N) is 3. The Morgan fingerprint density at radius 2 is 2.10 bits per heavy atom. The molecule has 0 spiro atoms. The lowest BCUT2D eigenvalue weighted by Crippen LogP contribution is -2.20. The summed E-state index contributed by atoms with van der Waals surface area (Å²) in [6.07, 6.45) is 7.29. The Balaban J connectivity index is 2.04. The Hall–Kier alpha value is -1.82. The van der Waals surface area contributed by atoms with E-state index in [4.69, 9.17) is 4.74 Å². The van der Waals surface area contributed by atoms with Crippen LogP contribution in [0.3, 0.4) is 0 Å². The van der Waals surface area contributed by atoms with Crippen LogP contribution in [0.15, 0.2) is 24.8 Å². The third kappa shape index (κ3) is 3.60. The number of rotatable bonds is 5. The SMILES string of the molecule is CCC(C)(C)COC(=O)c1cnc(-c2cnccn2)s1. The van der Waals surface area contributed by atoms with Crippen LogP contribution in [0.25, 0.3) is 10.7 Å². The third-order valence-electron chi connectivity index (χ3n) is 3.04. The van der Waals surface area contributed by atoms with E-state index in [0.717, 1.165) is 6.42 Å². The zero-order valence-corrected chi connectivity index (χ0v) is 12.6. The lowest BCUT2D eigenvalue weighted by atomic mass is 9.92. The Bertz CT molecular complexity index is 581. The quantitative estimate of drug-likeness (QED) is 0.791. The van der Waals surface area contributed by atoms with Crippen molar-refractivity contribution in [3.05, 3.63) is 29.7 Å². The predicted octanol–water partition coefficient (Wildman–Crippen LogP) is 3.19. The van der Waals surface area contributed by atoms with Crippen LogP contribution in [-0.2, 0) is 4.74 Å². The summed E-state index contributed by atoms with van der Waals surface area (Å²) in [6, 6.07) is 0. The summed E-state index contributed by atoms with van der Waals surface area (Å²) in [6.45, 7) is 6.61. The van der Waals surface area contributed by atoms with Crippen molar-refractivity contribution in [2.24, 2.45) is 5.41 Å². The number of carbonyl (C=O) groups is 1. The van der Waals surface area contributed by atoms with Crippen LogP contribution in [0.2, 0.25) is 0 Å². The minimum Gasteiger partial charge on any atom is -0.461 e. The lowest BCUT2D eigenvalue weighted by Gasteiger charge is -2.21. The highest BCUT2D eigenvalue weighted by Crippen LogP contribution is 2.25. The van der Waals surface area contributed by atoms with E-state index in [0.29, 0.717) is 22.2 Å². The van der Waals surface area contributed by atoms with Crippen molar-refractivity contribution in [1.82, 2.24) is 15.0 Å². The summed E-state index contributed by atoms with van der Waals surface area (Å²) in [7, 11) is 0. The molecule has 5 nitrogen and oxygen atoms in total. The highest BCUT2D eigenvalue weighted by atomic mass is 32.1. The van der Waals surface area contributed by atoms with Crippen molar-refractivity contribution in [1.29, 1.82) is 0 Å². The van der Waals surface area contributed by atoms with E-state index < -0.39 is 0 Å². The number of carbonyl (C=O) groups excluding carboxylic acids is 1. The predicted molar refractivity (Wildman–Crippen MR) is 77.5 cm³/mol. The maximum atomic E-state index is 12.0. The van der Waals surface area contributed by atoms with Crippen LogP contribution in [0, 0.1) is 5.41 Å². The number of aromatic nitrogens is 3. The highest BCUT2D eigenvalue weighted by Gasteiger charge is 2.20. The molecule has 0 aliphatic heterocycles. The van der Waals surface area contributed by atoms with Crippen molar-refractivity contribution in [2.75, 3.05) is 6.61 Å². The molecule has 20 heavy (non-hydrogen) atoms. The molecule has 2 rings (SSSR count). The minimum atomic E-state index is -0.334. The van der Waals surface area contributed by atoms with Gasteiger partial charge in [-0.1, -0.05) is 20.8 Å². The fourth-order valence-corrected chi connectivity index (χ4v) is 2.10. The van der Waals surface area contributed by atoms with Crippen LogP contribution in [-0.4, -0.2) is 27.5 Å². The second-order valence-corrected chi connectivity index (χ2v) is 6.24. The molecule has 0 N–H and O–H groups in total. The number of ether oxygens (including phenoxy) is 1. The van der Waals surface area contributed by atoms with Crippen molar-refractivity contribution < 1.29 is 9.53 Å². The monoisotopic (exact) mass is 291 g/mol. The standard InChI is InChI=1S/C14H17N3O2S/c1-4-14(2,3)9-19-13(18)11-8-17-12(20-11)10-7-15-5-6-16-10/h5-8H,4,9H2,1-3H3. The van der Waals surface area contributed by atoms with Gasteiger partial charge in [-0.3, -0.25) is 9.97 Å². The maximum Gasteiger partial charge on any atom is 0.349 e. The van der Waals surface area contributed by atoms with Gasteiger partial charge in [0.2, 0.25) is 0 Å². The summed E-state index contributed by atoms with van der Waals surface area (Å²) in [4.78, 5) is 24.8. The molecule has 0 radical (unpaired) electrons. The van der Waals surface area contributed by atoms with Gasteiger partial charge in [0.25, 0.3) is 0 Å². The smallest absolute Gasteiger partial charge is 0.349 e. The summed E-state index contributed by atoms with van der Waals surface area (Å²) in [5.41, 5.74) is 0.652. The average molecular weight is 291 g/mol. The fraction of sp³-hybridized carbons (Fsp3) is 0.429. The van der Waals surface area contributed by atoms with Gasteiger partial charge >= 0.3 is 5.97 Å². The van der Waals surface area contributed by atoms with Crippen molar-refractivity contribution in [3.8, 4) is 10.7 Å². The van der Waals surface area contributed by atoms with Gasteiger partial charge in [-0.2, -0.15) is 0 Å². The topological polar surface area (TPSA) is 65.0 Å². The number of thiazole rings is 1. The molecule has 6 heteroatoms. The van der Waals surface area contributed by atoms with Gasteiger partial charge in [-0.25, -0.2) is 9.78 Å². The van der Waals surface area contributed by atoms with Crippen LogP contribution in [0.5, 0.6) is 0 Å². The van der Waals surface area contributed by atoms with E-state index in [2.05, 4.69) is 35.7 Å². The molecule has 106 valence electrons. The Morgan fingerprint density at radius 3 is 2.75 bits per heavy atom. The lowest BCUT2D eigenvalue weighted by molar-refractivity contribution is 0.0341. The zero-order chi connectivity index (χ0) is 14.6. The normalized spacial score (nSPS) is 11.3. The first-order chi connectivity index (χ1) is 9.52. The number of hydrogen-bond acceptors (Lipinski definition) is 6. The Labute approximate surface area is 122 Å². The fourth-order valence-electron chi connectivity index (χ4n) is 1.33. The summed E-state index contributed by atoms with van der Waals surface area (Å²) >= 11 is 1.26. The molecule has 2 aromatic rings. The first kappa shape index (κ1) is 14.6. The molecular formula is C14H17N3O2S. The third-order valence-corrected chi connectivity index (χ3v) is 4.04. The maximum absolute atomic E-state index is 12.0. The summed E-state index contributed by atoms with van der Waals surface area (Å²) < 4.78 is 5.33. The minimum absolute atomic E-state index is 0.00587. The highest BCUT2D eigenvalue weighted by molar-refractivity contribution is 7.16. The van der Waals surface area contributed by atoms with E-state index in [9.17, 15) is 4.79 Å². The van der Waals surface area contributed by atoms with Gasteiger partial charge in [0, 0.05) is 12.4 Å². The van der Waals surface area contributed by atoms with E-state index in [1.54, 1.807) is 18.6 Å². The molecule has 0 aliphatic rings. The molecule has 0 saturated heterocycles. The molecule has 0 bridgehead atoms. The molecular weight excluding hydrogens is 274 g/mol. The second-order valence-electron chi connectivity index (χ2n) is 5.21. The van der Waals surface area contributed by atoms with Gasteiger partial charge in [-0.05, 0) is 11.8 Å². The van der Waals surface area contributed by atoms with Crippen LogP contribution >= 0.6 is 11.3 Å². The number of esters is 1. The molecule has 0 aliphatic carbocycles. The first-order valence-electron chi connectivity index (χ1n) is 6.41. The van der Waals surface area contributed by atoms with E-state index >= 15 is 0 Å². The van der Waals surface area contributed by atoms with Gasteiger partial charge in [-0.15, -0.1) is 11.3 Å². The molecule has 0 saturated carbocycles. The first-order valence-corrected chi connectivity index (χ1v) is 7.23. The van der Waals surface area contributed by atoms with Crippen molar-refractivity contribution in [3.63, 3.8) is 0 Å². The molecule has 0 fully saturated rings. The van der Waals surface area contributed by atoms with Crippen LogP contribution in [0.1, 0.15) is 36.9 Å². The molecule has 0 amide bonds. The zero-order valence-electron chi connectivity index (χ0n) is 11.8. The van der Waals surface area contributed by atoms with Crippen molar-refractivity contribution in [2.45, 2.75) is 27.2 Å². The Morgan fingerprint density at radius 1 is 1.30 bits per heavy atom. The molecule has 0 aromatic carbocycles. The summed E-state index contributed by atoms with van der Waals surface area (Å²) in [5.74, 6) is -0.334. The van der Waals surface area contributed by atoms with E-state index in [1.807, 2.05) is 0 Å². The van der Waals surface area contributed by atoms with E-state index in [1.165, 1.54) is 17.5 Å². The molecule has 2 heterocycles. The van der Waals surface area contributed by atoms with Gasteiger partial charge in [0.05, 0.1) is 19.0 Å². The molecule has 0 atom stereocenters. The van der Waals surface area contributed by atoms with E-state index in [-0.39, 0.29) is 11.4 Å². The summed E-state index contributed by atoms with van der Waals surface area (Å²) in [5, 5.41) is 0.666.